The monoisotopic (exact) mass is 335 g/mol. The molecule has 2 atom stereocenters. The highest BCUT2D eigenvalue weighted by Crippen LogP contribution is 2.28. The molecule has 1 rings (SSSR count). The largest absolute Gasteiger partial charge is 0.520 e. The Labute approximate surface area is 143 Å². The molecule has 1 aromatic carbocycles. The van der Waals surface area contributed by atoms with Crippen molar-refractivity contribution in [3.63, 3.8) is 0 Å². The number of hydrogen-bond donors (Lipinski definition) is 0. The van der Waals surface area contributed by atoms with Crippen molar-refractivity contribution in [1.29, 1.82) is 0 Å². The molecule has 0 spiro atoms. The van der Waals surface area contributed by atoms with E-state index in [-0.39, 0.29) is 12.1 Å². The Morgan fingerprint density at radius 1 is 1.17 bits per heavy atom. The fourth-order valence-electron chi connectivity index (χ4n) is 2.16. The van der Waals surface area contributed by atoms with Gasteiger partial charge in [0.1, 0.15) is 6.10 Å². The van der Waals surface area contributed by atoms with Gasteiger partial charge in [0.2, 0.25) is 8.32 Å². The van der Waals surface area contributed by atoms with Crippen molar-refractivity contribution < 1.29 is 9.16 Å². The van der Waals surface area contributed by atoms with Crippen LogP contribution in [0.2, 0.25) is 19.6 Å². The molecule has 0 aliphatic rings. The molecule has 0 aliphatic heterocycles. The molecule has 0 heterocycles. The number of nitrogens with zero attached hydrogens (tertiary/aromatic N) is 1. The Morgan fingerprint density at radius 3 is 2.26 bits per heavy atom. The molecule has 0 unspecified atom stereocenters. The number of ether oxygens (including phenoxy) is 1. The molecule has 4 heteroatoms. The van der Waals surface area contributed by atoms with Gasteiger partial charge in [-0.05, 0) is 58.7 Å². The van der Waals surface area contributed by atoms with E-state index < -0.39 is 8.32 Å². The third-order valence-corrected chi connectivity index (χ3v) is 4.44. The van der Waals surface area contributed by atoms with Gasteiger partial charge in [0.15, 0.2) is 0 Å². The fourth-order valence-corrected chi connectivity index (χ4v) is 2.90. The van der Waals surface area contributed by atoms with Crippen molar-refractivity contribution >= 4 is 8.32 Å². The second-order valence-corrected chi connectivity index (χ2v) is 11.6. The Kier molecular flexibility index (Phi) is 7.86. The Balaban J connectivity index is 3.05. The van der Waals surface area contributed by atoms with E-state index >= 15 is 0 Å². The van der Waals surface area contributed by atoms with Crippen molar-refractivity contribution in [3.8, 4) is 0 Å². The SMILES string of the molecule is CCC/C=C(\O[C@H](c1ccccc1)[C@H](C)N(C)C)O[Si](C)(C)C. The van der Waals surface area contributed by atoms with Gasteiger partial charge in [-0.2, -0.15) is 0 Å². The molecule has 1 aromatic rings. The summed E-state index contributed by atoms with van der Waals surface area (Å²) in [5, 5.41) is 0. The molecular weight excluding hydrogens is 302 g/mol. The van der Waals surface area contributed by atoms with E-state index in [9.17, 15) is 0 Å². The maximum absolute atomic E-state index is 6.37. The lowest BCUT2D eigenvalue weighted by atomic mass is 10.0. The minimum absolute atomic E-state index is 0.0503. The first kappa shape index (κ1) is 19.8. The summed E-state index contributed by atoms with van der Waals surface area (Å²) in [4.78, 5) is 2.18. The molecule has 0 amide bonds. The molecule has 0 aliphatic carbocycles. The van der Waals surface area contributed by atoms with Crippen LogP contribution >= 0.6 is 0 Å². The smallest absolute Gasteiger partial charge is 0.261 e. The maximum atomic E-state index is 6.37. The molecule has 0 N–H and O–H groups in total. The van der Waals surface area contributed by atoms with E-state index in [1.807, 2.05) is 6.07 Å². The van der Waals surface area contributed by atoms with E-state index in [2.05, 4.69) is 82.8 Å². The summed E-state index contributed by atoms with van der Waals surface area (Å²) in [5.41, 5.74) is 1.18. The predicted molar refractivity (Wildman–Crippen MR) is 101 cm³/mol. The van der Waals surface area contributed by atoms with Crippen LogP contribution in [0.15, 0.2) is 42.4 Å². The summed E-state index contributed by atoms with van der Waals surface area (Å²) in [7, 11) is 2.46. The molecule has 0 bridgehead atoms. The van der Waals surface area contributed by atoms with Gasteiger partial charge >= 0.3 is 0 Å². The third kappa shape index (κ3) is 7.23. The van der Waals surface area contributed by atoms with E-state index in [4.69, 9.17) is 9.16 Å². The first-order valence-corrected chi connectivity index (χ1v) is 11.9. The molecule has 23 heavy (non-hydrogen) atoms. The Morgan fingerprint density at radius 2 is 1.78 bits per heavy atom. The average molecular weight is 336 g/mol. The summed E-state index contributed by atoms with van der Waals surface area (Å²) < 4.78 is 12.6. The lowest BCUT2D eigenvalue weighted by Crippen LogP contribution is -2.34. The van der Waals surface area contributed by atoms with Gasteiger partial charge in [-0.1, -0.05) is 43.7 Å². The summed E-state index contributed by atoms with van der Waals surface area (Å²) in [5.74, 6) is 0.688. The van der Waals surface area contributed by atoms with Crippen molar-refractivity contribution in [3.05, 3.63) is 47.9 Å². The van der Waals surface area contributed by atoms with Crippen molar-refractivity contribution in [2.75, 3.05) is 14.1 Å². The highest BCUT2D eigenvalue weighted by molar-refractivity contribution is 6.69. The van der Waals surface area contributed by atoms with E-state index in [0.717, 1.165) is 12.8 Å². The minimum atomic E-state index is -1.71. The molecule has 0 saturated carbocycles. The quantitative estimate of drug-likeness (QED) is 0.458. The van der Waals surface area contributed by atoms with Crippen LogP contribution in [0, 0.1) is 0 Å². The van der Waals surface area contributed by atoms with Crippen LogP contribution < -0.4 is 0 Å². The van der Waals surface area contributed by atoms with Gasteiger partial charge in [0.25, 0.3) is 5.95 Å². The number of unbranched alkanes of at least 4 members (excludes halogenated alkanes) is 1. The number of rotatable bonds is 9. The highest BCUT2D eigenvalue weighted by Gasteiger charge is 2.26. The van der Waals surface area contributed by atoms with Gasteiger partial charge in [-0.15, -0.1) is 0 Å². The van der Waals surface area contributed by atoms with Crippen LogP contribution in [-0.4, -0.2) is 33.4 Å². The maximum Gasteiger partial charge on any atom is 0.261 e. The van der Waals surface area contributed by atoms with E-state index in [1.165, 1.54) is 5.56 Å². The van der Waals surface area contributed by atoms with Crippen molar-refractivity contribution in [1.82, 2.24) is 4.90 Å². The van der Waals surface area contributed by atoms with Gasteiger partial charge in [-0.3, -0.25) is 0 Å². The van der Waals surface area contributed by atoms with Gasteiger partial charge < -0.3 is 14.1 Å². The molecule has 0 saturated heterocycles. The summed E-state index contributed by atoms with van der Waals surface area (Å²) in [6.45, 7) is 10.9. The third-order valence-electron chi connectivity index (χ3n) is 3.63. The summed E-state index contributed by atoms with van der Waals surface area (Å²) in [6.07, 6.45) is 4.10. The highest BCUT2D eigenvalue weighted by atomic mass is 28.4. The Hall–Kier alpha value is -1.26. The van der Waals surface area contributed by atoms with Crippen LogP contribution in [-0.2, 0) is 9.16 Å². The van der Waals surface area contributed by atoms with E-state index in [1.54, 1.807) is 0 Å². The summed E-state index contributed by atoms with van der Waals surface area (Å²) >= 11 is 0. The van der Waals surface area contributed by atoms with E-state index in [0.29, 0.717) is 5.95 Å². The molecule has 3 nitrogen and oxygen atoms in total. The van der Waals surface area contributed by atoms with Crippen LogP contribution in [0.3, 0.4) is 0 Å². The second kappa shape index (κ2) is 9.14. The number of benzene rings is 1. The van der Waals surface area contributed by atoms with Crippen LogP contribution in [0.5, 0.6) is 0 Å². The average Bonchev–Trinajstić information content (AvgIpc) is 2.48. The lowest BCUT2D eigenvalue weighted by molar-refractivity contribution is -0.00357. The fraction of sp³-hybridized carbons (Fsp3) is 0.579. The molecule has 0 fully saturated rings. The molecule has 0 aromatic heterocycles. The first-order chi connectivity index (χ1) is 10.7. The van der Waals surface area contributed by atoms with Crippen molar-refractivity contribution in [2.45, 2.75) is 58.5 Å². The molecule has 130 valence electrons. The standard InChI is InChI=1S/C19H33NO2Si/c1-8-9-15-18(22-23(5,6)7)21-19(16(2)20(3)4)17-13-11-10-12-14-17/h10-16,19H,8-9H2,1-7H3/b18-15+/t16-,19-/m0/s1. The molecule has 0 radical (unpaired) electrons. The number of hydrogen-bond acceptors (Lipinski definition) is 3. The minimum Gasteiger partial charge on any atom is -0.520 e. The topological polar surface area (TPSA) is 21.7 Å². The predicted octanol–water partition coefficient (Wildman–Crippen LogP) is 5.19. The zero-order valence-corrected chi connectivity index (χ0v) is 16.8. The first-order valence-electron chi connectivity index (χ1n) is 8.51. The summed E-state index contributed by atoms with van der Waals surface area (Å²) in [6, 6.07) is 10.6. The van der Waals surface area contributed by atoms with Crippen molar-refractivity contribution in [2.24, 2.45) is 0 Å². The van der Waals surface area contributed by atoms with Crippen LogP contribution in [0.25, 0.3) is 0 Å². The molecular formula is C19H33NO2Si. The normalized spacial score (nSPS) is 15.4. The van der Waals surface area contributed by atoms with Gasteiger partial charge in [-0.25, -0.2) is 0 Å². The Bertz CT molecular complexity index is 480. The van der Waals surface area contributed by atoms with Crippen LogP contribution in [0.1, 0.15) is 38.4 Å². The van der Waals surface area contributed by atoms with Crippen LogP contribution in [0.4, 0.5) is 0 Å². The second-order valence-electron chi connectivity index (χ2n) is 7.18. The zero-order valence-electron chi connectivity index (χ0n) is 15.8. The lowest BCUT2D eigenvalue weighted by Gasteiger charge is -2.32. The van der Waals surface area contributed by atoms with Gasteiger partial charge in [0.05, 0.1) is 0 Å². The number of likely N-dealkylation sites (N-methyl/N-ethyl adjacent to an activating group) is 1. The zero-order chi connectivity index (χ0) is 17.5. The van der Waals surface area contributed by atoms with Gasteiger partial charge in [0, 0.05) is 6.04 Å². The number of allylic oxidation sites excluding steroid dienone is 1.